The number of carbonyl (C=O) groups is 1. The van der Waals surface area contributed by atoms with Gasteiger partial charge in [-0.3, -0.25) is 4.79 Å². The van der Waals surface area contributed by atoms with E-state index in [0.717, 1.165) is 22.9 Å². The van der Waals surface area contributed by atoms with Gasteiger partial charge in [-0.2, -0.15) is 0 Å². The fourth-order valence-electron chi connectivity index (χ4n) is 2.27. The Morgan fingerprint density at radius 1 is 1.50 bits per heavy atom. The second kappa shape index (κ2) is 6.77. The molecule has 1 atom stereocenters. The molecular weight excluding hydrogens is 276 g/mol. The minimum atomic E-state index is -0.00807. The van der Waals surface area contributed by atoms with Gasteiger partial charge in [0, 0.05) is 34.8 Å². The molecule has 1 amide bonds. The zero-order valence-corrected chi connectivity index (χ0v) is 12.2. The summed E-state index contributed by atoms with van der Waals surface area (Å²) in [5.41, 5.74) is 1.90. The summed E-state index contributed by atoms with van der Waals surface area (Å²) >= 11 is 5.93. The Hall–Kier alpha value is -1.52. The summed E-state index contributed by atoms with van der Waals surface area (Å²) in [7, 11) is 0. The Bertz CT molecular complexity index is 595. The largest absolute Gasteiger partial charge is 0.396 e. The molecular formula is C15H19ClN2O2. The van der Waals surface area contributed by atoms with Gasteiger partial charge >= 0.3 is 0 Å². The number of aromatic nitrogens is 1. The van der Waals surface area contributed by atoms with Crippen molar-refractivity contribution in [2.24, 2.45) is 0 Å². The number of aromatic amines is 1. The first-order valence-electron chi connectivity index (χ1n) is 6.76. The Morgan fingerprint density at radius 3 is 3.05 bits per heavy atom. The lowest BCUT2D eigenvalue weighted by Crippen LogP contribution is -2.33. The number of aliphatic hydroxyl groups is 1. The number of amides is 1. The summed E-state index contributed by atoms with van der Waals surface area (Å²) in [5, 5.41) is 13.4. The third-order valence-electron chi connectivity index (χ3n) is 3.28. The quantitative estimate of drug-likeness (QED) is 0.767. The van der Waals surface area contributed by atoms with Gasteiger partial charge in [0.15, 0.2) is 0 Å². The molecule has 0 bridgehead atoms. The maximum atomic E-state index is 12.0. The number of rotatable bonds is 6. The van der Waals surface area contributed by atoms with Crippen LogP contribution in [0, 0.1) is 0 Å². The van der Waals surface area contributed by atoms with Crippen molar-refractivity contribution in [1.29, 1.82) is 0 Å². The highest BCUT2D eigenvalue weighted by Crippen LogP contribution is 2.22. The fraction of sp³-hybridized carbons (Fsp3) is 0.400. The molecule has 4 nitrogen and oxygen atoms in total. The van der Waals surface area contributed by atoms with Crippen LogP contribution in [0.1, 0.15) is 25.3 Å². The number of benzene rings is 1. The maximum Gasteiger partial charge on any atom is 0.224 e. The van der Waals surface area contributed by atoms with Gasteiger partial charge in [-0.15, -0.1) is 0 Å². The minimum Gasteiger partial charge on any atom is -0.396 e. The highest BCUT2D eigenvalue weighted by molar-refractivity contribution is 6.31. The van der Waals surface area contributed by atoms with Crippen molar-refractivity contribution in [3.8, 4) is 0 Å². The second-order valence-electron chi connectivity index (χ2n) is 5.01. The molecule has 3 N–H and O–H groups in total. The van der Waals surface area contributed by atoms with E-state index >= 15 is 0 Å². The number of fused-ring (bicyclic) bond motifs is 1. The Labute approximate surface area is 123 Å². The molecule has 1 unspecified atom stereocenters. The number of nitrogens with one attached hydrogen (secondary N) is 2. The molecule has 1 heterocycles. The van der Waals surface area contributed by atoms with Crippen LogP contribution in [-0.2, 0) is 11.2 Å². The zero-order chi connectivity index (χ0) is 14.5. The molecule has 0 aliphatic rings. The maximum absolute atomic E-state index is 12.0. The van der Waals surface area contributed by atoms with Gasteiger partial charge in [0.05, 0.1) is 6.42 Å². The van der Waals surface area contributed by atoms with Gasteiger partial charge in [-0.1, -0.05) is 17.7 Å². The van der Waals surface area contributed by atoms with E-state index in [4.69, 9.17) is 16.7 Å². The van der Waals surface area contributed by atoms with E-state index < -0.39 is 0 Å². The smallest absolute Gasteiger partial charge is 0.224 e. The van der Waals surface area contributed by atoms with Crippen molar-refractivity contribution in [3.05, 3.63) is 35.0 Å². The SMILES string of the molecule is CC(CCCO)NC(=O)Cc1c[nH]c2cc(Cl)ccc12. The molecule has 0 aliphatic carbocycles. The van der Waals surface area contributed by atoms with Gasteiger partial charge in [0.2, 0.25) is 5.91 Å². The Kier molecular flexibility index (Phi) is 5.04. The average Bonchev–Trinajstić information content (AvgIpc) is 2.78. The van der Waals surface area contributed by atoms with Crippen LogP contribution in [-0.4, -0.2) is 28.6 Å². The molecule has 108 valence electrons. The number of aliphatic hydroxyl groups excluding tert-OH is 1. The third-order valence-corrected chi connectivity index (χ3v) is 3.52. The van der Waals surface area contributed by atoms with Crippen molar-refractivity contribution >= 4 is 28.4 Å². The number of H-pyrrole nitrogens is 1. The van der Waals surface area contributed by atoms with Crippen molar-refractivity contribution in [2.75, 3.05) is 6.61 Å². The zero-order valence-electron chi connectivity index (χ0n) is 11.4. The van der Waals surface area contributed by atoms with E-state index in [1.807, 2.05) is 31.3 Å². The summed E-state index contributed by atoms with van der Waals surface area (Å²) in [6, 6.07) is 5.67. The van der Waals surface area contributed by atoms with Crippen LogP contribution in [0.15, 0.2) is 24.4 Å². The molecule has 1 aromatic carbocycles. The van der Waals surface area contributed by atoms with E-state index in [-0.39, 0.29) is 18.6 Å². The van der Waals surface area contributed by atoms with Crippen molar-refractivity contribution in [3.63, 3.8) is 0 Å². The average molecular weight is 295 g/mol. The topological polar surface area (TPSA) is 65.1 Å². The molecule has 20 heavy (non-hydrogen) atoms. The molecule has 0 aliphatic heterocycles. The van der Waals surface area contributed by atoms with E-state index in [0.29, 0.717) is 17.9 Å². The van der Waals surface area contributed by atoms with Crippen molar-refractivity contribution in [1.82, 2.24) is 10.3 Å². The lowest BCUT2D eigenvalue weighted by Gasteiger charge is -2.12. The van der Waals surface area contributed by atoms with Crippen LogP contribution in [0.4, 0.5) is 0 Å². The third kappa shape index (κ3) is 3.74. The predicted molar refractivity (Wildman–Crippen MR) is 80.9 cm³/mol. The number of halogens is 1. The molecule has 2 rings (SSSR count). The Balaban J connectivity index is 1.99. The van der Waals surface area contributed by atoms with Crippen LogP contribution < -0.4 is 5.32 Å². The molecule has 0 saturated heterocycles. The van der Waals surface area contributed by atoms with E-state index in [2.05, 4.69) is 10.3 Å². The molecule has 1 aromatic heterocycles. The first-order valence-corrected chi connectivity index (χ1v) is 7.13. The van der Waals surface area contributed by atoms with Gasteiger partial charge in [0.1, 0.15) is 0 Å². The van der Waals surface area contributed by atoms with Crippen molar-refractivity contribution in [2.45, 2.75) is 32.2 Å². The van der Waals surface area contributed by atoms with Crippen LogP contribution in [0.25, 0.3) is 10.9 Å². The van der Waals surface area contributed by atoms with E-state index in [9.17, 15) is 4.79 Å². The molecule has 0 spiro atoms. The number of carbonyl (C=O) groups excluding carboxylic acids is 1. The fourth-order valence-corrected chi connectivity index (χ4v) is 2.45. The highest BCUT2D eigenvalue weighted by atomic mass is 35.5. The predicted octanol–water partition coefficient (Wildman–Crippen LogP) is 2.64. The molecule has 5 heteroatoms. The van der Waals surface area contributed by atoms with Crippen LogP contribution in [0.2, 0.25) is 5.02 Å². The van der Waals surface area contributed by atoms with Gasteiger partial charge in [0.25, 0.3) is 0 Å². The molecule has 0 saturated carbocycles. The van der Waals surface area contributed by atoms with Gasteiger partial charge in [-0.25, -0.2) is 0 Å². The first kappa shape index (κ1) is 14.9. The summed E-state index contributed by atoms with van der Waals surface area (Å²) in [6.07, 6.45) is 3.67. The van der Waals surface area contributed by atoms with Crippen molar-refractivity contribution < 1.29 is 9.90 Å². The molecule has 0 fully saturated rings. The van der Waals surface area contributed by atoms with Gasteiger partial charge < -0.3 is 15.4 Å². The number of hydrogen-bond donors (Lipinski definition) is 3. The molecule has 2 aromatic rings. The second-order valence-corrected chi connectivity index (χ2v) is 5.45. The lowest BCUT2D eigenvalue weighted by atomic mass is 10.1. The van der Waals surface area contributed by atoms with Crippen LogP contribution in [0.3, 0.4) is 0 Å². The summed E-state index contributed by atoms with van der Waals surface area (Å²) in [5.74, 6) is -0.00807. The Morgan fingerprint density at radius 2 is 2.30 bits per heavy atom. The first-order chi connectivity index (χ1) is 9.60. The summed E-state index contributed by atoms with van der Waals surface area (Å²) in [6.45, 7) is 2.10. The van der Waals surface area contributed by atoms with Gasteiger partial charge in [-0.05, 0) is 37.5 Å². The standard InChI is InChI=1S/C15H19ClN2O2/c1-10(3-2-6-19)18-15(20)7-11-9-17-14-8-12(16)4-5-13(11)14/h4-5,8-10,17,19H,2-3,6-7H2,1H3,(H,18,20). The highest BCUT2D eigenvalue weighted by Gasteiger charge is 2.11. The van der Waals surface area contributed by atoms with Crippen LogP contribution in [0.5, 0.6) is 0 Å². The number of hydrogen-bond acceptors (Lipinski definition) is 2. The summed E-state index contributed by atoms with van der Waals surface area (Å²) < 4.78 is 0. The van der Waals surface area contributed by atoms with Crippen LogP contribution >= 0.6 is 11.6 Å². The normalized spacial score (nSPS) is 12.6. The monoisotopic (exact) mass is 294 g/mol. The lowest BCUT2D eigenvalue weighted by molar-refractivity contribution is -0.121. The van der Waals surface area contributed by atoms with E-state index in [1.165, 1.54) is 0 Å². The molecule has 0 radical (unpaired) electrons. The summed E-state index contributed by atoms with van der Waals surface area (Å²) in [4.78, 5) is 15.1. The van der Waals surface area contributed by atoms with E-state index in [1.54, 1.807) is 0 Å². The minimum absolute atomic E-state index is 0.00807.